The van der Waals surface area contributed by atoms with Crippen LogP contribution in [0.5, 0.6) is 5.75 Å². The van der Waals surface area contributed by atoms with Crippen molar-refractivity contribution >= 4 is 17.5 Å². The molecular weight excluding hydrogens is 220 g/mol. The van der Waals surface area contributed by atoms with Gasteiger partial charge in [-0.1, -0.05) is 19.1 Å². The van der Waals surface area contributed by atoms with Crippen molar-refractivity contribution in [2.24, 2.45) is 5.92 Å². The molecule has 1 aliphatic rings. The lowest BCUT2D eigenvalue weighted by Gasteiger charge is -2.11. The Balaban J connectivity index is 2.45. The van der Waals surface area contributed by atoms with E-state index in [9.17, 15) is 4.79 Å². The van der Waals surface area contributed by atoms with Gasteiger partial charge in [-0.25, -0.2) is 0 Å². The van der Waals surface area contributed by atoms with Crippen LogP contribution in [0.3, 0.4) is 0 Å². The smallest absolute Gasteiger partial charge is 0.166 e. The van der Waals surface area contributed by atoms with E-state index in [1.165, 1.54) is 0 Å². The normalized spacial score (nSPS) is 20.1. The zero-order chi connectivity index (χ0) is 11.5. The Morgan fingerprint density at radius 2 is 2.31 bits per heavy atom. The van der Waals surface area contributed by atoms with E-state index in [1.807, 2.05) is 43.8 Å². The van der Waals surface area contributed by atoms with E-state index in [2.05, 4.69) is 0 Å². The fraction of sp³-hybridized carbons (Fsp3) is 0.462. The molecule has 1 atom stereocenters. The number of hydrogen-bond acceptors (Lipinski definition) is 3. The summed E-state index contributed by atoms with van der Waals surface area (Å²) >= 11 is 1.81. The first kappa shape index (κ1) is 11.5. The monoisotopic (exact) mass is 236 g/mol. The van der Waals surface area contributed by atoms with Crippen LogP contribution in [0.25, 0.3) is 0 Å². The highest BCUT2D eigenvalue weighted by Crippen LogP contribution is 2.32. The van der Waals surface area contributed by atoms with Gasteiger partial charge in [0, 0.05) is 28.6 Å². The van der Waals surface area contributed by atoms with Gasteiger partial charge in [-0.05, 0) is 13.0 Å². The van der Waals surface area contributed by atoms with Crippen molar-refractivity contribution < 1.29 is 9.53 Å². The number of benzene rings is 1. The third-order valence-corrected chi connectivity index (χ3v) is 3.99. The predicted molar refractivity (Wildman–Crippen MR) is 67.3 cm³/mol. The second-order valence-corrected chi connectivity index (χ2v) is 5.03. The summed E-state index contributed by atoms with van der Waals surface area (Å²) in [4.78, 5) is 12.1. The van der Waals surface area contributed by atoms with Gasteiger partial charge < -0.3 is 4.74 Å². The maximum atomic E-state index is 12.1. The summed E-state index contributed by atoms with van der Waals surface area (Å²) in [5, 5.41) is 0. The minimum atomic E-state index is 0.114. The van der Waals surface area contributed by atoms with Crippen molar-refractivity contribution in [3.8, 4) is 5.75 Å². The fourth-order valence-corrected chi connectivity index (χ4v) is 3.04. The van der Waals surface area contributed by atoms with Gasteiger partial charge in [0.15, 0.2) is 5.78 Å². The van der Waals surface area contributed by atoms with E-state index in [1.54, 1.807) is 0 Å². The molecule has 1 heterocycles. The molecule has 3 heteroatoms. The van der Waals surface area contributed by atoms with E-state index < -0.39 is 0 Å². The minimum absolute atomic E-state index is 0.114. The molecule has 0 N–H and O–H groups in total. The molecule has 0 spiro atoms. The number of thioether (sulfide) groups is 1. The molecule has 0 aliphatic carbocycles. The number of ether oxygens (including phenoxy) is 1. The number of carbonyl (C=O) groups is 1. The van der Waals surface area contributed by atoms with Gasteiger partial charge in [0.1, 0.15) is 5.75 Å². The van der Waals surface area contributed by atoms with Gasteiger partial charge in [-0.3, -0.25) is 4.79 Å². The molecular formula is C13H16O2S. The highest BCUT2D eigenvalue weighted by Gasteiger charge is 2.24. The number of rotatable bonds is 2. The number of hydrogen-bond donors (Lipinski definition) is 0. The van der Waals surface area contributed by atoms with Crippen LogP contribution in [0.4, 0.5) is 0 Å². The summed E-state index contributed by atoms with van der Waals surface area (Å²) in [7, 11) is 0. The summed E-state index contributed by atoms with van der Waals surface area (Å²) in [6, 6.07) is 5.78. The molecule has 16 heavy (non-hydrogen) atoms. The van der Waals surface area contributed by atoms with Crippen molar-refractivity contribution in [1.29, 1.82) is 0 Å². The number of carbonyl (C=O) groups excluding carboxylic acids is 1. The zero-order valence-corrected chi connectivity index (χ0v) is 10.5. The van der Waals surface area contributed by atoms with Gasteiger partial charge in [0.2, 0.25) is 0 Å². The van der Waals surface area contributed by atoms with E-state index in [0.29, 0.717) is 6.61 Å². The molecule has 0 aromatic heterocycles. The quantitative estimate of drug-likeness (QED) is 0.789. The predicted octanol–water partition coefficient (Wildman–Crippen LogP) is 3.15. The summed E-state index contributed by atoms with van der Waals surface area (Å²) in [6.45, 7) is 4.61. The average molecular weight is 236 g/mol. The van der Waals surface area contributed by atoms with Crippen molar-refractivity contribution in [1.82, 2.24) is 0 Å². The standard InChI is InChI=1S/C13H16O2S/c1-3-15-12-6-4-5-10-11(12)8-16-7-9(2)13(10)14/h4-6,9H,3,7-8H2,1-2H3. The maximum absolute atomic E-state index is 12.1. The largest absolute Gasteiger partial charge is 0.494 e. The van der Waals surface area contributed by atoms with E-state index >= 15 is 0 Å². The third kappa shape index (κ3) is 2.09. The molecule has 2 nitrogen and oxygen atoms in total. The molecule has 0 amide bonds. The molecule has 1 aliphatic heterocycles. The first-order valence-corrected chi connectivity index (χ1v) is 6.76. The molecule has 0 saturated heterocycles. The van der Waals surface area contributed by atoms with Crippen LogP contribution in [0, 0.1) is 5.92 Å². The van der Waals surface area contributed by atoms with Gasteiger partial charge in [-0.2, -0.15) is 11.8 Å². The summed E-state index contributed by atoms with van der Waals surface area (Å²) < 4.78 is 5.58. The molecule has 2 rings (SSSR count). The topological polar surface area (TPSA) is 26.3 Å². The van der Waals surface area contributed by atoms with E-state index in [4.69, 9.17) is 4.74 Å². The van der Waals surface area contributed by atoms with E-state index in [-0.39, 0.29) is 11.7 Å². The second kappa shape index (κ2) is 4.91. The van der Waals surface area contributed by atoms with Gasteiger partial charge in [0.25, 0.3) is 0 Å². The van der Waals surface area contributed by atoms with Crippen molar-refractivity contribution in [3.05, 3.63) is 29.3 Å². The first-order valence-electron chi connectivity index (χ1n) is 5.60. The Morgan fingerprint density at radius 1 is 1.50 bits per heavy atom. The van der Waals surface area contributed by atoms with Crippen LogP contribution >= 0.6 is 11.8 Å². The summed E-state index contributed by atoms with van der Waals surface area (Å²) in [6.07, 6.45) is 0. The molecule has 1 aromatic carbocycles. The maximum Gasteiger partial charge on any atom is 0.166 e. The van der Waals surface area contributed by atoms with Crippen LogP contribution < -0.4 is 4.74 Å². The lowest BCUT2D eigenvalue weighted by Crippen LogP contribution is -2.13. The molecule has 1 aromatic rings. The highest BCUT2D eigenvalue weighted by atomic mass is 32.2. The molecule has 0 bridgehead atoms. The van der Waals surface area contributed by atoms with Crippen LogP contribution in [0.15, 0.2) is 18.2 Å². The third-order valence-electron chi connectivity index (χ3n) is 2.76. The fourth-order valence-electron chi connectivity index (χ4n) is 1.92. The zero-order valence-electron chi connectivity index (χ0n) is 9.66. The Morgan fingerprint density at radius 3 is 3.06 bits per heavy atom. The minimum Gasteiger partial charge on any atom is -0.494 e. The van der Waals surface area contributed by atoms with Gasteiger partial charge in [-0.15, -0.1) is 0 Å². The van der Waals surface area contributed by atoms with Crippen molar-refractivity contribution in [2.45, 2.75) is 19.6 Å². The van der Waals surface area contributed by atoms with Gasteiger partial charge in [0.05, 0.1) is 6.61 Å². The van der Waals surface area contributed by atoms with Crippen molar-refractivity contribution in [3.63, 3.8) is 0 Å². The summed E-state index contributed by atoms with van der Waals surface area (Å²) in [5.41, 5.74) is 1.92. The lowest BCUT2D eigenvalue weighted by molar-refractivity contribution is 0.0941. The molecule has 0 fully saturated rings. The van der Waals surface area contributed by atoms with Gasteiger partial charge >= 0.3 is 0 Å². The Bertz CT molecular complexity index is 401. The van der Waals surface area contributed by atoms with Crippen molar-refractivity contribution in [2.75, 3.05) is 12.4 Å². The number of ketones is 1. The van der Waals surface area contributed by atoms with Crippen LogP contribution in [0.2, 0.25) is 0 Å². The molecule has 1 unspecified atom stereocenters. The van der Waals surface area contributed by atoms with Crippen LogP contribution in [-0.2, 0) is 5.75 Å². The Hall–Kier alpha value is -0.960. The SMILES string of the molecule is CCOc1cccc2c1CSCC(C)C2=O. The van der Waals surface area contributed by atoms with Crippen LogP contribution in [0.1, 0.15) is 29.8 Å². The number of Topliss-reactive ketones (excluding diaryl/α,β-unsaturated/α-hetero) is 1. The Kier molecular flexibility index (Phi) is 3.54. The molecule has 0 radical (unpaired) electrons. The van der Waals surface area contributed by atoms with E-state index in [0.717, 1.165) is 28.4 Å². The Labute approximate surface area is 100 Å². The highest BCUT2D eigenvalue weighted by molar-refractivity contribution is 7.98. The lowest BCUT2D eigenvalue weighted by atomic mass is 9.97. The number of fused-ring (bicyclic) bond motifs is 1. The average Bonchev–Trinajstić information content (AvgIpc) is 2.42. The van der Waals surface area contributed by atoms with Crippen LogP contribution in [-0.4, -0.2) is 18.1 Å². The summed E-state index contributed by atoms with van der Waals surface area (Å²) in [5.74, 6) is 3.01. The molecule has 0 saturated carbocycles. The second-order valence-electron chi connectivity index (χ2n) is 4.00. The first-order chi connectivity index (χ1) is 7.74. The molecule has 86 valence electrons.